The number of benzene rings is 2. The van der Waals surface area contributed by atoms with Gasteiger partial charge < -0.3 is 9.47 Å². The van der Waals surface area contributed by atoms with E-state index in [9.17, 15) is 9.59 Å². The van der Waals surface area contributed by atoms with Crippen LogP contribution in [0.3, 0.4) is 0 Å². The Morgan fingerprint density at radius 1 is 1.19 bits per heavy atom. The zero-order valence-corrected chi connectivity index (χ0v) is 11.9. The van der Waals surface area contributed by atoms with Crippen LogP contribution in [-0.2, 0) is 9.47 Å². The van der Waals surface area contributed by atoms with E-state index in [2.05, 4.69) is 6.07 Å². The molecule has 21 heavy (non-hydrogen) atoms. The lowest BCUT2D eigenvalue weighted by Gasteiger charge is -2.09. The van der Waals surface area contributed by atoms with Crippen molar-refractivity contribution in [3.05, 3.63) is 59.7 Å². The summed E-state index contributed by atoms with van der Waals surface area (Å²) in [6, 6.07) is 14.8. The highest BCUT2D eigenvalue weighted by Gasteiger charge is 2.14. The van der Waals surface area contributed by atoms with Crippen LogP contribution >= 0.6 is 0 Å². The summed E-state index contributed by atoms with van der Waals surface area (Å²) in [4.78, 5) is 23.6. The van der Waals surface area contributed by atoms with Gasteiger partial charge in [-0.05, 0) is 42.3 Å². The van der Waals surface area contributed by atoms with Crippen LogP contribution in [0.25, 0.3) is 11.1 Å². The fraction of sp³-hybridized carbons (Fsp3) is 0.176. The zero-order valence-electron chi connectivity index (χ0n) is 11.9. The highest BCUT2D eigenvalue weighted by Crippen LogP contribution is 2.25. The first-order chi connectivity index (χ1) is 10.2. The van der Waals surface area contributed by atoms with E-state index >= 15 is 0 Å². The number of carbonyl (C=O) groups excluding carboxylic acids is 2. The molecule has 0 aromatic heterocycles. The second kappa shape index (κ2) is 6.70. The van der Waals surface area contributed by atoms with Crippen molar-refractivity contribution < 1.29 is 19.1 Å². The SMILES string of the molecule is CCOC(=O)c1cccc(-c2cc[c]cc2C(=O)OC)c1. The van der Waals surface area contributed by atoms with Crippen LogP contribution in [0.5, 0.6) is 0 Å². The first kappa shape index (κ1) is 14.8. The zero-order chi connectivity index (χ0) is 15.2. The van der Waals surface area contributed by atoms with Crippen molar-refractivity contribution in [1.29, 1.82) is 0 Å². The molecule has 0 saturated heterocycles. The minimum absolute atomic E-state index is 0.316. The molecule has 0 fully saturated rings. The van der Waals surface area contributed by atoms with Gasteiger partial charge in [0, 0.05) is 0 Å². The number of methoxy groups -OCH3 is 1. The average Bonchev–Trinajstić information content (AvgIpc) is 2.54. The van der Waals surface area contributed by atoms with E-state index in [4.69, 9.17) is 9.47 Å². The Morgan fingerprint density at radius 3 is 2.71 bits per heavy atom. The molecular weight excluding hydrogens is 268 g/mol. The molecule has 1 radical (unpaired) electrons. The lowest BCUT2D eigenvalue weighted by atomic mass is 9.98. The van der Waals surface area contributed by atoms with Gasteiger partial charge in [0.1, 0.15) is 0 Å². The highest BCUT2D eigenvalue weighted by molar-refractivity contribution is 5.98. The minimum Gasteiger partial charge on any atom is -0.465 e. The van der Waals surface area contributed by atoms with Crippen molar-refractivity contribution in [3.63, 3.8) is 0 Å². The van der Waals surface area contributed by atoms with Crippen molar-refractivity contribution in [2.24, 2.45) is 0 Å². The Kier molecular flexibility index (Phi) is 4.72. The van der Waals surface area contributed by atoms with Gasteiger partial charge in [0.05, 0.1) is 24.8 Å². The van der Waals surface area contributed by atoms with Crippen LogP contribution in [-0.4, -0.2) is 25.7 Å². The van der Waals surface area contributed by atoms with Gasteiger partial charge in [0.2, 0.25) is 0 Å². The Labute approximate surface area is 123 Å². The predicted molar refractivity (Wildman–Crippen MR) is 78.0 cm³/mol. The number of rotatable bonds is 4. The van der Waals surface area contributed by atoms with E-state index in [1.165, 1.54) is 7.11 Å². The van der Waals surface area contributed by atoms with Crippen LogP contribution in [0.2, 0.25) is 0 Å². The van der Waals surface area contributed by atoms with Crippen LogP contribution < -0.4 is 0 Å². The van der Waals surface area contributed by atoms with E-state index in [1.54, 1.807) is 43.3 Å². The van der Waals surface area contributed by atoms with Crippen LogP contribution in [0.1, 0.15) is 27.6 Å². The molecule has 0 amide bonds. The van der Waals surface area contributed by atoms with Crippen molar-refractivity contribution in [2.45, 2.75) is 6.92 Å². The topological polar surface area (TPSA) is 52.6 Å². The Hall–Kier alpha value is -2.62. The van der Waals surface area contributed by atoms with Crippen LogP contribution in [0, 0.1) is 6.07 Å². The molecule has 0 N–H and O–H groups in total. The van der Waals surface area contributed by atoms with Gasteiger partial charge in [-0.3, -0.25) is 0 Å². The van der Waals surface area contributed by atoms with Gasteiger partial charge in [-0.15, -0.1) is 0 Å². The lowest BCUT2D eigenvalue weighted by Crippen LogP contribution is -2.06. The molecule has 2 aromatic rings. The summed E-state index contributed by atoms with van der Waals surface area (Å²) in [5.74, 6) is -0.829. The Balaban J connectivity index is 2.46. The molecule has 0 aliphatic carbocycles. The third-order valence-electron chi connectivity index (χ3n) is 2.95. The minimum atomic E-state index is -0.441. The highest BCUT2D eigenvalue weighted by atomic mass is 16.5. The smallest absolute Gasteiger partial charge is 0.338 e. The molecule has 0 spiro atoms. The number of esters is 2. The molecule has 4 heteroatoms. The van der Waals surface area contributed by atoms with Gasteiger partial charge in [-0.25, -0.2) is 9.59 Å². The third kappa shape index (κ3) is 3.28. The Morgan fingerprint density at radius 2 is 2.00 bits per heavy atom. The van der Waals surface area contributed by atoms with Crippen LogP contribution in [0.15, 0.2) is 42.5 Å². The standard InChI is InChI=1S/C17H15O4/c1-3-21-16(18)13-8-6-7-12(11-13)14-9-4-5-10-15(14)17(19)20-2/h4,6-11H,3H2,1-2H3. The van der Waals surface area contributed by atoms with Crippen molar-refractivity contribution in [3.8, 4) is 11.1 Å². The summed E-state index contributed by atoms with van der Waals surface area (Å²) in [6.45, 7) is 2.07. The molecule has 0 saturated carbocycles. The number of ether oxygens (including phenoxy) is 2. The van der Waals surface area contributed by atoms with E-state index in [0.29, 0.717) is 23.3 Å². The first-order valence-corrected chi connectivity index (χ1v) is 6.53. The van der Waals surface area contributed by atoms with Crippen molar-refractivity contribution in [2.75, 3.05) is 13.7 Å². The molecule has 0 heterocycles. The van der Waals surface area contributed by atoms with E-state index in [1.807, 2.05) is 6.07 Å². The van der Waals surface area contributed by atoms with E-state index in [0.717, 1.165) is 5.56 Å². The quantitative estimate of drug-likeness (QED) is 0.809. The normalized spacial score (nSPS) is 10.0. The summed E-state index contributed by atoms with van der Waals surface area (Å²) in [7, 11) is 1.33. The molecular formula is C17H15O4. The van der Waals surface area contributed by atoms with Gasteiger partial charge in [0.25, 0.3) is 0 Å². The molecule has 2 rings (SSSR count). The molecule has 0 atom stereocenters. The fourth-order valence-corrected chi connectivity index (χ4v) is 1.99. The monoisotopic (exact) mass is 283 g/mol. The summed E-state index contributed by atoms with van der Waals surface area (Å²) in [6.07, 6.45) is 0. The predicted octanol–water partition coefficient (Wildman–Crippen LogP) is 3.12. The number of hydrogen-bond donors (Lipinski definition) is 0. The summed E-state index contributed by atoms with van der Waals surface area (Å²) >= 11 is 0. The maximum Gasteiger partial charge on any atom is 0.338 e. The van der Waals surface area contributed by atoms with Crippen molar-refractivity contribution >= 4 is 11.9 Å². The summed E-state index contributed by atoms with van der Waals surface area (Å²) < 4.78 is 9.75. The van der Waals surface area contributed by atoms with E-state index in [-0.39, 0.29) is 5.97 Å². The maximum atomic E-state index is 11.8. The lowest BCUT2D eigenvalue weighted by molar-refractivity contribution is 0.0525. The van der Waals surface area contributed by atoms with Gasteiger partial charge in [-0.1, -0.05) is 24.3 Å². The average molecular weight is 283 g/mol. The molecule has 0 aliphatic heterocycles. The molecule has 0 unspecified atom stereocenters. The van der Waals surface area contributed by atoms with Gasteiger partial charge in [0.15, 0.2) is 0 Å². The van der Waals surface area contributed by atoms with Crippen LogP contribution in [0.4, 0.5) is 0 Å². The number of carbonyl (C=O) groups is 2. The van der Waals surface area contributed by atoms with Gasteiger partial charge >= 0.3 is 11.9 Å². The van der Waals surface area contributed by atoms with E-state index < -0.39 is 5.97 Å². The molecule has 2 aromatic carbocycles. The summed E-state index contributed by atoms with van der Waals surface area (Å²) in [5, 5.41) is 0. The molecule has 0 aliphatic rings. The Bertz CT molecular complexity index is 661. The second-order valence-electron chi connectivity index (χ2n) is 4.26. The van der Waals surface area contributed by atoms with Crippen molar-refractivity contribution in [1.82, 2.24) is 0 Å². The largest absolute Gasteiger partial charge is 0.465 e. The number of hydrogen-bond acceptors (Lipinski definition) is 4. The van der Waals surface area contributed by atoms with Gasteiger partial charge in [-0.2, -0.15) is 0 Å². The molecule has 0 bridgehead atoms. The second-order valence-corrected chi connectivity index (χ2v) is 4.26. The maximum absolute atomic E-state index is 11.8. The fourth-order valence-electron chi connectivity index (χ4n) is 1.99. The molecule has 107 valence electrons. The first-order valence-electron chi connectivity index (χ1n) is 6.53. The summed E-state index contributed by atoms with van der Waals surface area (Å²) in [5.41, 5.74) is 2.28. The molecule has 4 nitrogen and oxygen atoms in total. The third-order valence-corrected chi connectivity index (χ3v) is 2.95.